The number of fused-ring (bicyclic) bond motifs is 1. The highest BCUT2D eigenvalue weighted by atomic mass is 79.9. The molecule has 17 heavy (non-hydrogen) atoms. The summed E-state index contributed by atoms with van der Waals surface area (Å²) < 4.78 is 6.89. The molecule has 0 saturated carbocycles. The van der Waals surface area contributed by atoms with E-state index >= 15 is 0 Å². The van der Waals surface area contributed by atoms with Crippen molar-refractivity contribution in [2.24, 2.45) is 0 Å². The van der Waals surface area contributed by atoms with E-state index in [1.807, 2.05) is 0 Å². The fourth-order valence-electron chi connectivity index (χ4n) is 2.53. The van der Waals surface area contributed by atoms with Gasteiger partial charge in [0.25, 0.3) is 0 Å². The normalized spacial score (nSPS) is 21.4. The molecule has 1 aromatic rings. The Hall–Kier alpha value is -0.800. The zero-order valence-corrected chi connectivity index (χ0v) is 11.3. The lowest BCUT2D eigenvalue weighted by Crippen LogP contribution is -2.23. The largest absolute Gasteiger partial charge is 0.492 e. The second kappa shape index (κ2) is 4.83. The average molecular weight is 294 g/mol. The molecule has 0 bridgehead atoms. The molecule has 2 nitrogen and oxygen atoms in total. The molecule has 90 valence electrons. The lowest BCUT2D eigenvalue weighted by molar-refractivity contribution is 0.356. The zero-order valence-electron chi connectivity index (χ0n) is 9.76. The lowest BCUT2D eigenvalue weighted by Gasteiger charge is -2.16. The molecule has 1 N–H and O–H groups in total. The van der Waals surface area contributed by atoms with Crippen LogP contribution in [0.2, 0.25) is 0 Å². The molecule has 1 saturated heterocycles. The zero-order chi connectivity index (χ0) is 11.7. The maximum atomic E-state index is 5.74. The van der Waals surface area contributed by atoms with Gasteiger partial charge in [-0.25, -0.2) is 0 Å². The van der Waals surface area contributed by atoms with Gasteiger partial charge in [0.1, 0.15) is 5.75 Å². The van der Waals surface area contributed by atoms with Gasteiger partial charge in [0.15, 0.2) is 0 Å². The molecule has 2 aliphatic heterocycles. The van der Waals surface area contributed by atoms with Crippen LogP contribution in [0.1, 0.15) is 24.0 Å². The fraction of sp³-hybridized carbons (Fsp3) is 0.429. The van der Waals surface area contributed by atoms with Gasteiger partial charge >= 0.3 is 0 Å². The van der Waals surface area contributed by atoms with Crippen molar-refractivity contribution in [1.82, 2.24) is 5.32 Å². The van der Waals surface area contributed by atoms with Crippen molar-refractivity contribution in [3.05, 3.63) is 33.3 Å². The van der Waals surface area contributed by atoms with Crippen LogP contribution in [0.5, 0.6) is 5.75 Å². The van der Waals surface area contributed by atoms with E-state index in [2.05, 4.69) is 39.5 Å². The summed E-state index contributed by atoms with van der Waals surface area (Å²) >= 11 is 3.58. The summed E-state index contributed by atoms with van der Waals surface area (Å²) in [6.45, 7) is 2.98. The van der Waals surface area contributed by atoms with Crippen LogP contribution in [0.15, 0.2) is 22.2 Å². The smallest absolute Gasteiger partial charge is 0.129 e. The first-order valence-corrected chi connectivity index (χ1v) is 6.97. The van der Waals surface area contributed by atoms with Crippen molar-refractivity contribution >= 4 is 22.0 Å². The Kier molecular flexibility index (Phi) is 3.21. The highest BCUT2D eigenvalue weighted by Crippen LogP contribution is 2.34. The lowest BCUT2D eigenvalue weighted by atomic mass is 10.0. The van der Waals surface area contributed by atoms with Gasteiger partial charge in [0.2, 0.25) is 0 Å². The SMILES string of the molecule is Brc1cc(/C=C2/CCCNC2)c2c(c1)CCO2. The van der Waals surface area contributed by atoms with Crippen LogP contribution in [0, 0.1) is 0 Å². The third-order valence-electron chi connectivity index (χ3n) is 3.34. The minimum atomic E-state index is 0.820. The summed E-state index contributed by atoms with van der Waals surface area (Å²) in [7, 11) is 0. The Labute approximate surface area is 110 Å². The maximum absolute atomic E-state index is 5.74. The van der Waals surface area contributed by atoms with E-state index in [1.54, 1.807) is 0 Å². The average Bonchev–Trinajstić information content (AvgIpc) is 2.78. The van der Waals surface area contributed by atoms with E-state index in [-0.39, 0.29) is 0 Å². The van der Waals surface area contributed by atoms with Crippen molar-refractivity contribution in [1.29, 1.82) is 0 Å². The van der Waals surface area contributed by atoms with Crippen molar-refractivity contribution in [2.75, 3.05) is 19.7 Å². The first-order chi connectivity index (χ1) is 8.33. The standard InChI is InChI=1S/C14H16BrNO/c15-13-7-11-3-5-17-14(11)12(8-13)6-10-2-1-4-16-9-10/h6-8,16H,1-5,9H2/b10-6-. The quantitative estimate of drug-likeness (QED) is 0.859. The van der Waals surface area contributed by atoms with Gasteiger partial charge in [0.05, 0.1) is 6.61 Å². The number of halogens is 1. The van der Waals surface area contributed by atoms with Gasteiger partial charge in [-0.2, -0.15) is 0 Å². The topological polar surface area (TPSA) is 21.3 Å². The molecule has 0 radical (unpaired) electrons. The van der Waals surface area contributed by atoms with E-state index in [0.717, 1.165) is 36.3 Å². The first-order valence-electron chi connectivity index (χ1n) is 6.18. The molecule has 0 amide bonds. The summed E-state index contributed by atoms with van der Waals surface area (Å²) in [4.78, 5) is 0. The van der Waals surface area contributed by atoms with Crippen LogP contribution in [0.3, 0.4) is 0 Å². The number of ether oxygens (including phenoxy) is 1. The molecule has 3 rings (SSSR count). The van der Waals surface area contributed by atoms with E-state index in [9.17, 15) is 0 Å². The van der Waals surface area contributed by atoms with Crippen LogP contribution >= 0.6 is 15.9 Å². The van der Waals surface area contributed by atoms with Crippen LogP contribution in [0.4, 0.5) is 0 Å². The molecule has 3 heteroatoms. The second-order valence-electron chi connectivity index (χ2n) is 4.66. The summed E-state index contributed by atoms with van der Waals surface area (Å²) in [5.41, 5.74) is 4.03. The number of piperidine rings is 1. The predicted molar refractivity (Wildman–Crippen MR) is 73.4 cm³/mol. The summed E-state index contributed by atoms with van der Waals surface area (Å²) in [6, 6.07) is 4.33. The number of hydrogen-bond donors (Lipinski definition) is 1. The van der Waals surface area contributed by atoms with E-state index in [0.29, 0.717) is 0 Å². The second-order valence-corrected chi connectivity index (χ2v) is 5.58. The van der Waals surface area contributed by atoms with Gasteiger partial charge in [0, 0.05) is 23.0 Å². The third kappa shape index (κ3) is 2.40. The Morgan fingerprint density at radius 2 is 2.24 bits per heavy atom. The Bertz CT molecular complexity index is 460. The Morgan fingerprint density at radius 3 is 3.06 bits per heavy atom. The number of nitrogens with one attached hydrogen (secondary N) is 1. The van der Waals surface area contributed by atoms with E-state index in [1.165, 1.54) is 29.5 Å². The molecule has 0 aromatic heterocycles. The van der Waals surface area contributed by atoms with Crippen LogP contribution in [-0.4, -0.2) is 19.7 Å². The number of rotatable bonds is 1. The minimum absolute atomic E-state index is 0.820. The van der Waals surface area contributed by atoms with E-state index < -0.39 is 0 Å². The summed E-state index contributed by atoms with van der Waals surface area (Å²) in [5, 5.41) is 3.42. The molecule has 2 aliphatic rings. The number of benzene rings is 1. The van der Waals surface area contributed by atoms with E-state index in [4.69, 9.17) is 4.74 Å². The van der Waals surface area contributed by atoms with Crippen LogP contribution in [-0.2, 0) is 6.42 Å². The molecule has 0 atom stereocenters. The summed E-state index contributed by atoms with van der Waals surface area (Å²) in [6.07, 6.45) is 5.77. The molecular weight excluding hydrogens is 278 g/mol. The molecule has 0 unspecified atom stereocenters. The predicted octanol–water partition coefficient (Wildman–Crippen LogP) is 3.15. The molecular formula is C14H16BrNO. The monoisotopic (exact) mass is 293 g/mol. The minimum Gasteiger partial charge on any atom is -0.492 e. The third-order valence-corrected chi connectivity index (χ3v) is 3.80. The van der Waals surface area contributed by atoms with Crippen LogP contribution < -0.4 is 10.1 Å². The molecule has 0 spiro atoms. The van der Waals surface area contributed by atoms with Crippen molar-refractivity contribution in [3.63, 3.8) is 0 Å². The highest BCUT2D eigenvalue weighted by molar-refractivity contribution is 9.10. The van der Waals surface area contributed by atoms with Gasteiger partial charge in [-0.15, -0.1) is 0 Å². The highest BCUT2D eigenvalue weighted by Gasteiger charge is 2.17. The molecule has 0 aliphatic carbocycles. The van der Waals surface area contributed by atoms with Crippen LogP contribution in [0.25, 0.3) is 6.08 Å². The molecule has 2 heterocycles. The van der Waals surface area contributed by atoms with Gasteiger partial charge in [-0.1, -0.05) is 27.6 Å². The van der Waals surface area contributed by atoms with Gasteiger partial charge < -0.3 is 10.1 Å². The first kappa shape index (κ1) is 11.3. The Morgan fingerprint density at radius 1 is 1.29 bits per heavy atom. The van der Waals surface area contributed by atoms with Gasteiger partial charge in [-0.05, 0) is 37.1 Å². The van der Waals surface area contributed by atoms with Crippen molar-refractivity contribution in [3.8, 4) is 5.75 Å². The van der Waals surface area contributed by atoms with Crippen molar-refractivity contribution < 1.29 is 4.74 Å². The molecule has 1 aromatic carbocycles. The number of hydrogen-bond acceptors (Lipinski definition) is 2. The van der Waals surface area contributed by atoms with Gasteiger partial charge in [-0.3, -0.25) is 0 Å². The maximum Gasteiger partial charge on any atom is 0.129 e. The fourth-order valence-corrected chi connectivity index (χ4v) is 3.05. The van der Waals surface area contributed by atoms with Crippen molar-refractivity contribution in [2.45, 2.75) is 19.3 Å². The molecule has 1 fully saturated rings. The summed E-state index contributed by atoms with van der Waals surface area (Å²) in [5.74, 6) is 1.09. The Balaban J connectivity index is 1.97.